The lowest BCUT2D eigenvalue weighted by Crippen LogP contribution is -2.29. The molecule has 0 aliphatic rings. The summed E-state index contributed by atoms with van der Waals surface area (Å²) < 4.78 is 36.0. The number of carbonyl (C=O) groups is 2. The third-order valence-corrected chi connectivity index (χ3v) is 3.78. The molecule has 2 N–H and O–H groups in total. The van der Waals surface area contributed by atoms with Gasteiger partial charge in [0.15, 0.2) is 9.84 Å². The van der Waals surface area contributed by atoms with Gasteiger partial charge in [-0.25, -0.2) is 12.8 Å². The maximum absolute atomic E-state index is 13.3. The summed E-state index contributed by atoms with van der Waals surface area (Å²) in [5, 5.41) is 11.4. The molecule has 8 heteroatoms. The number of anilines is 1. The van der Waals surface area contributed by atoms with Gasteiger partial charge in [0.1, 0.15) is 5.82 Å². The zero-order valence-corrected chi connectivity index (χ0v) is 13.3. The molecule has 6 nitrogen and oxygen atoms in total. The van der Waals surface area contributed by atoms with Gasteiger partial charge in [-0.15, -0.1) is 0 Å². The largest absolute Gasteiger partial charge is 0.481 e. The van der Waals surface area contributed by atoms with Gasteiger partial charge in [-0.2, -0.15) is 0 Å². The second-order valence-electron chi connectivity index (χ2n) is 5.79. The Bertz CT molecular complexity index is 697. The second kappa shape index (κ2) is 6.43. The first-order chi connectivity index (χ1) is 9.90. The van der Waals surface area contributed by atoms with Gasteiger partial charge in [0.2, 0.25) is 5.91 Å². The van der Waals surface area contributed by atoms with E-state index in [0.29, 0.717) is 0 Å². The van der Waals surface area contributed by atoms with Gasteiger partial charge in [-0.05, 0) is 37.6 Å². The van der Waals surface area contributed by atoms with E-state index in [-0.39, 0.29) is 17.7 Å². The van der Waals surface area contributed by atoms with E-state index >= 15 is 0 Å². The lowest BCUT2D eigenvalue weighted by atomic mass is 9.89. The van der Waals surface area contributed by atoms with Gasteiger partial charge in [0.05, 0.1) is 11.2 Å². The van der Waals surface area contributed by atoms with Crippen molar-refractivity contribution in [2.24, 2.45) is 5.41 Å². The SMILES string of the molecule is CC(C)(CC(=O)Nc1ccc(F)cc1CS(C)(=O)=O)C(=O)O. The summed E-state index contributed by atoms with van der Waals surface area (Å²) in [5.74, 6) is -2.77. The molecule has 0 fully saturated rings. The molecule has 22 heavy (non-hydrogen) atoms. The number of aliphatic carboxylic acids is 1. The average Bonchev–Trinajstić information content (AvgIpc) is 2.29. The van der Waals surface area contributed by atoms with Gasteiger partial charge >= 0.3 is 5.97 Å². The Kier molecular flexibility index (Phi) is 5.29. The third kappa shape index (κ3) is 5.44. The number of carboxylic acid groups (broad SMARTS) is 1. The minimum atomic E-state index is -3.41. The van der Waals surface area contributed by atoms with E-state index in [2.05, 4.69) is 5.32 Å². The van der Waals surface area contributed by atoms with E-state index in [9.17, 15) is 22.4 Å². The standard InChI is InChI=1S/C14H18FNO5S/c1-14(2,13(18)19)7-12(17)16-11-5-4-10(15)6-9(11)8-22(3,20)21/h4-6H,7-8H2,1-3H3,(H,16,17)(H,18,19). The highest BCUT2D eigenvalue weighted by molar-refractivity contribution is 7.89. The molecule has 0 bridgehead atoms. The van der Waals surface area contributed by atoms with Crippen LogP contribution in [0, 0.1) is 11.2 Å². The van der Waals surface area contributed by atoms with Crippen molar-refractivity contribution < 1.29 is 27.5 Å². The third-order valence-electron chi connectivity index (χ3n) is 2.94. The number of halogens is 1. The van der Waals surface area contributed by atoms with Crippen LogP contribution in [0.3, 0.4) is 0 Å². The molecule has 0 spiro atoms. The summed E-state index contributed by atoms with van der Waals surface area (Å²) in [6.45, 7) is 2.80. The molecule has 0 unspecified atom stereocenters. The van der Waals surface area contributed by atoms with Gasteiger partial charge in [0, 0.05) is 18.4 Å². The Morgan fingerprint density at radius 1 is 1.32 bits per heavy atom. The molecule has 1 aromatic carbocycles. The van der Waals surface area contributed by atoms with Gasteiger partial charge in [0.25, 0.3) is 0 Å². The van der Waals surface area contributed by atoms with Crippen molar-refractivity contribution in [2.75, 3.05) is 11.6 Å². The summed E-state index contributed by atoms with van der Waals surface area (Å²) >= 11 is 0. The van der Waals surface area contributed by atoms with Crippen molar-refractivity contribution in [3.05, 3.63) is 29.6 Å². The van der Waals surface area contributed by atoms with Crippen LogP contribution in [0.2, 0.25) is 0 Å². The smallest absolute Gasteiger partial charge is 0.309 e. The quantitative estimate of drug-likeness (QED) is 0.828. The number of carboxylic acids is 1. The lowest BCUT2D eigenvalue weighted by molar-refractivity contribution is -0.148. The van der Waals surface area contributed by atoms with E-state index in [1.807, 2.05) is 0 Å². The minimum absolute atomic E-state index is 0.115. The van der Waals surface area contributed by atoms with E-state index < -0.39 is 38.7 Å². The first-order valence-electron chi connectivity index (χ1n) is 6.40. The summed E-state index contributed by atoms with van der Waals surface area (Å²) in [6, 6.07) is 3.37. The number of rotatable bonds is 6. The first-order valence-corrected chi connectivity index (χ1v) is 8.46. The van der Waals surface area contributed by atoms with E-state index in [1.165, 1.54) is 19.9 Å². The molecule has 1 rings (SSSR count). The number of sulfone groups is 1. The molecule has 0 heterocycles. The normalized spacial score (nSPS) is 12.0. The zero-order chi connectivity index (χ0) is 17.1. The van der Waals surface area contributed by atoms with Crippen molar-refractivity contribution >= 4 is 27.4 Å². The number of hydrogen-bond acceptors (Lipinski definition) is 4. The van der Waals surface area contributed by atoms with Crippen molar-refractivity contribution in [1.82, 2.24) is 0 Å². The predicted octanol–water partition coefficient (Wildman–Crippen LogP) is 1.81. The van der Waals surface area contributed by atoms with Gasteiger partial charge in [-0.3, -0.25) is 9.59 Å². The van der Waals surface area contributed by atoms with Crippen molar-refractivity contribution in [1.29, 1.82) is 0 Å². The van der Waals surface area contributed by atoms with Crippen LogP contribution < -0.4 is 5.32 Å². The Morgan fingerprint density at radius 2 is 1.91 bits per heavy atom. The van der Waals surface area contributed by atoms with E-state index in [4.69, 9.17) is 5.11 Å². The molecule has 0 radical (unpaired) electrons. The molecule has 0 atom stereocenters. The van der Waals surface area contributed by atoms with Crippen LogP contribution >= 0.6 is 0 Å². The minimum Gasteiger partial charge on any atom is -0.481 e. The van der Waals surface area contributed by atoms with Crippen LogP contribution in [0.25, 0.3) is 0 Å². The molecular weight excluding hydrogens is 313 g/mol. The molecule has 0 aliphatic carbocycles. The van der Waals surface area contributed by atoms with Crippen LogP contribution in [-0.4, -0.2) is 31.7 Å². The second-order valence-corrected chi connectivity index (χ2v) is 7.93. The first kappa shape index (κ1) is 18.1. The van der Waals surface area contributed by atoms with Crippen LogP contribution in [0.5, 0.6) is 0 Å². The molecular formula is C14H18FNO5S. The number of carbonyl (C=O) groups excluding carboxylic acids is 1. The molecule has 0 saturated heterocycles. The zero-order valence-electron chi connectivity index (χ0n) is 12.5. The fourth-order valence-electron chi connectivity index (χ4n) is 1.76. The number of amides is 1. The maximum atomic E-state index is 13.3. The van der Waals surface area contributed by atoms with E-state index in [1.54, 1.807) is 0 Å². The Balaban J connectivity index is 2.98. The topological polar surface area (TPSA) is 101 Å². The van der Waals surface area contributed by atoms with Crippen LogP contribution in [0.15, 0.2) is 18.2 Å². The summed E-state index contributed by atoms with van der Waals surface area (Å²) in [5.41, 5.74) is -0.997. The van der Waals surface area contributed by atoms with Crippen molar-refractivity contribution in [3.63, 3.8) is 0 Å². The molecule has 122 valence electrons. The highest BCUT2D eigenvalue weighted by Crippen LogP contribution is 2.24. The predicted molar refractivity (Wildman–Crippen MR) is 79.6 cm³/mol. The van der Waals surface area contributed by atoms with Crippen LogP contribution in [0.4, 0.5) is 10.1 Å². The van der Waals surface area contributed by atoms with Crippen molar-refractivity contribution in [2.45, 2.75) is 26.0 Å². The monoisotopic (exact) mass is 331 g/mol. The Morgan fingerprint density at radius 3 is 2.41 bits per heavy atom. The van der Waals surface area contributed by atoms with E-state index in [0.717, 1.165) is 18.4 Å². The summed E-state index contributed by atoms with van der Waals surface area (Å²) in [6.07, 6.45) is 0.703. The van der Waals surface area contributed by atoms with Gasteiger partial charge < -0.3 is 10.4 Å². The number of nitrogens with one attached hydrogen (secondary N) is 1. The molecule has 1 aromatic rings. The molecule has 1 amide bonds. The Hall–Kier alpha value is -1.96. The Labute approximate surface area is 128 Å². The summed E-state index contributed by atoms with van der Waals surface area (Å²) in [7, 11) is -3.41. The maximum Gasteiger partial charge on any atom is 0.309 e. The van der Waals surface area contributed by atoms with Crippen LogP contribution in [-0.2, 0) is 25.2 Å². The fraction of sp³-hybridized carbons (Fsp3) is 0.429. The van der Waals surface area contributed by atoms with Crippen molar-refractivity contribution in [3.8, 4) is 0 Å². The lowest BCUT2D eigenvalue weighted by Gasteiger charge is -2.19. The van der Waals surface area contributed by atoms with Gasteiger partial charge in [-0.1, -0.05) is 0 Å². The highest BCUT2D eigenvalue weighted by Gasteiger charge is 2.30. The molecule has 0 aliphatic heterocycles. The molecule has 0 aromatic heterocycles. The number of benzene rings is 1. The average molecular weight is 331 g/mol. The highest BCUT2D eigenvalue weighted by atomic mass is 32.2. The summed E-state index contributed by atoms with van der Waals surface area (Å²) in [4.78, 5) is 22.9. The number of hydrogen-bond donors (Lipinski definition) is 2. The fourth-order valence-corrected chi connectivity index (χ4v) is 2.56. The van der Waals surface area contributed by atoms with Crippen LogP contribution in [0.1, 0.15) is 25.8 Å². The molecule has 0 saturated carbocycles.